The maximum Gasteiger partial charge on any atom is 0.371 e. The second-order valence-electron chi connectivity index (χ2n) is 2.86. The van der Waals surface area contributed by atoms with Gasteiger partial charge in [0.25, 0.3) is 0 Å². The molecule has 0 saturated heterocycles. The molecular weight excluding hydrogens is 212 g/mol. The van der Waals surface area contributed by atoms with Crippen LogP contribution in [0, 0.1) is 0 Å². The number of aliphatic carboxylic acids is 1. The van der Waals surface area contributed by atoms with E-state index in [-0.39, 0.29) is 0 Å². The van der Waals surface area contributed by atoms with Crippen molar-refractivity contribution in [1.82, 2.24) is 0 Å². The van der Waals surface area contributed by atoms with E-state index in [1.54, 1.807) is 30.3 Å². The molecule has 0 aromatic heterocycles. The molecule has 0 radical (unpaired) electrons. The van der Waals surface area contributed by atoms with Crippen molar-refractivity contribution >= 4 is 18.0 Å². The summed E-state index contributed by atoms with van der Waals surface area (Å²) < 4.78 is 4.44. The fourth-order valence-electron chi connectivity index (χ4n) is 0.990. The maximum absolute atomic E-state index is 10.7. The van der Waals surface area contributed by atoms with Gasteiger partial charge >= 0.3 is 11.9 Å². The minimum atomic E-state index is -1.37. The van der Waals surface area contributed by atoms with Gasteiger partial charge in [0.15, 0.2) is 0 Å². The smallest absolute Gasteiger partial charge is 0.371 e. The molecule has 0 fully saturated rings. The van der Waals surface area contributed by atoms with Crippen molar-refractivity contribution in [2.75, 3.05) is 6.61 Å². The monoisotopic (exact) mass is 222 g/mol. The highest BCUT2D eigenvalue weighted by Crippen LogP contribution is 2.08. The average molecular weight is 222 g/mol. The van der Waals surface area contributed by atoms with E-state index >= 15 is 0 Å². The van der Waals surface area contributed by atoms with E-state index in [2.05, 4.69) is 4.74 Å². The van der Waals surface area contributed by atoms with Crippen molar-refractivity contribution < 1.29 is 24.5 Å². The average Bonchev–Trinajstić information content (AvgIpc) is 2.29. The summed E-state index contributed by atoms with van der Waals surface area (Å²) in [7, 11) is 0. The third kappa shape index (κ3) is 3.55. The summed E-state index contributed by atoms with van der Waals surface area (Å²) in [6.45, 7) is -0.862. The van der Waals surface area contributed by atoms with Crippen LogP contribution >= 0.6 is 0 Å². The Morgan fingerprint density at radius 2 is 1.88 bits per heavy atom. The van der Waals surface area contributed by atoms with E-state index < -0.39 is 24.3 Å². The molecule has 2 N–H and O–H groups in total. The summed E-state index contributed by atoms with van der Waals surface area (Å²) >= 11 is 0. The summed E-state index contributed by atoms with van der Waals surface area (Å²) in [5.74, 6) is -2.90. The number of carbonyl (C=O) groups is 2. The normalized spacial score (nSPS) is 10.9. The second-order valence-corrected chi connectivity index (χ2v) is 2.86. The van der Waals surface area contributed by atoms with Crippen molar-refractivity contribution in [1.29, 1.82) is 0 Å². The van der Waals surface area contributed by atoms with Crippen LogP contribution in [0.3, 0.4) is 0 Å². The molecule has 0 spiro atoms. The molecule has 84 valence electrons. The van der Waals surface area contributed by atoms with Crippen LogP contribution in [0.15, 0.2) is 36.1 Å². The Bertz CT molecular complexity index is 408. The SMILES string of the molecule is O=C(CO)OC(=Cc1ccccc1)C(=O)O. The van der Waals surface area contributed by atoms with E-state index in [0.717, 1.165) is 0 Å². The van der Waals surface area contributed by atoms with Crippen molar-refractivity contribution in [3.05, 3.63) is 41.7 Å². The molecule has 1 aromatic carbocycles. The zero-order valence-electron chi connectivity index (χ0n) is 8.29. The summed E-state index contributed by atoms with van der Waals surface area (Å²) in [4.78, 5) is 21.5. The Morgan fingerprint density at radius 1 is 1.25 bits per heavy atom. The minimum absolute atomic E-state index is 0.523. The Hall–Kier alpha value is -2.14. The van der Waals surface area contributed by atoms with Crippen LogP contribution in [0.4, 0.5) is 0 Å². The predicted octanol–water partition coefficient (Wildman–Crippen LogP) is 0.648. The summed E-state index contributed by atoms with van der Waals surface area (Å²) in [6.07, 6.45) is 1.20. The number of esters is 1. The molecule has 0 aliphatic rings. The van der Waals surface area contributed by atoms with Gasteiger partial charge in [0.05, 0.1) is 0 Å². The number of rotatable bonds is 4. The molecule has 16 heavy (non-hydrogen) atoms. The van der Waals surface area contributed by atoms with Gasteiger partial charge in [-0.05, 0) is 11.6 Å². The van der Waals surface area contributed by atoms with Gasteiger partial charge in [-0.2, -0.15) is 0 Å². The van der Waals surface area contributed by atoms with Crippen molar-refractivity contribution in [2.24, 2.45) is 0 Å². The first-order valence-corrected chi connectivity index (χ1v) is 4.45. The molecule has 5 heteroatoms. The van der Waals surface area contributed by atoms with Crippen LogP contribution in [-0.4, -0.2) is 28.8 Å². The Labute approximate surface area is 91.6 Å². The first-order valence-electron chi connectivity index (χ1n) is 4.45. The molecule has 0 amide bonds. The fraction of sp³-hybridized carbons (Fsp3) is 0.0909. The van der Waals surface area contributed by atoms with Gasteiger partial charge in [0.1, 0.15) is 6.61 Å². The van der Waals surface area contributed by atoms with E-state index in [1.165, 1.54) is 6.08 Å². The van der Waals surface area contributed by atoms with Crippen LogP contribution in [0.2, 0.25) is 0 Å². The van der Waals surface area contributed by atoms with Gasteiger partial charge in [0.2, 0.25) is 5.76 Å². The predicted molar refractivity (Wildman–Crippen MR) is 55.2 cm³/mol. The standard InChI is InChI=1S/C11H10O5/c12-7-10(13)16-9(11(14)15)6-8-4-2-1-3-5-8/h1-6,12H,7H2,(H,14,15). The molecule has 1 rings (SSSR count). The molecule has 0 saturated carbocycles. The van der Waals surface area contributed by atoms with E-state index in [9.17, 15) is 9.59 Å². The van der Waals surface area contributed by atoms with Gasteiger partial charge in [-0.25, -0.2) is 9.59 Å². The summed E-state index contributed by atoms with van der Waals surface area (Å²) in [5.41, 5.74) is 0.589. The molecule has 0 atom stereocenters. The van der Waals surface area contributed by atoms with Crippen molar-refractivity contribution in [3.63, 3.8) is 0 Å². The number of carboxylic acids is 1. The number of hydrogen-bond donors (Lipinski definition) is 2. The molecular formula is C11H10O5. The lowest BCUT2D eigenvalue weighted by Gasteiger charge is -2.02. The van der Waals surface area contributed by atoms with Gasteiger partial charge in [-0.3, -0.25) is 0 Å². The number of aliphatic hydroxyl groups excluding tert-OH is 1. The molecule has 0 aliphatic heterocycles. The van der Waals surface area contributed by atoms with Crippen LogP contribution < -0.4 is 0 Å². The van der Waals surface area contributed by atoms with Gasteiger partial charge in [-0.15, -0.1) is 0 Å². The number of benzene rings is 1. The highest BCUT2D eigenvalue weighted by Gasteiger charge is 2.13. The zero-order valence-corrected chi connectivity index (χ0v) is 8.29. The molecule has 5 nitrogen and oxygen atoms in total. The zero-order chi connectivity index (χ0) is 12.0. The quantitative estimate of drug-likeness (QED) is 0.444. The second kappa shape index (κ2) is 5.67. The molecule has 1 aromatic rings. The topological polar surface area (TPSA) is 83.8 Å². The number of aliphatic hydroxyl groups is 1. The van der Waals surface area contributed by atoms with E-state index in [1.807, 2.05) is 0 Å². The number of carboxylic acid groups (broad SMARTS) is 1. The van der Waals surface area contributed by atoms with Crippen molar-refractivity contribution in [2.45, 2.75) is 0 Å². The first kappa shape index (κ1) is 11.9. The van der Waals surface area contributed by atoms with Crippen LogP contribution in [0.5, 0.6) is 0 Å². The maximum atomic E-state index is 10.7. The highest BCUT2D eigenvalue weighted by molar-refractivity contribution is 5.92. The largest absolute Gasteiger partial charge is 0.475 e. The summed E-state index contributed by atoms with van der Waals surface area (Å²) in [6, 6.07) is 8.54. The minimum Gasteiger partial charge on any atom is -0.475 e. The van der Waals surface area contributed by atoms with Gasteiger partial charge < -0.3 is 14.9 Å². The first-order chi connectivity index (χ1) is 7.63. The Kier molecular flexibility index (Phi) is 4.23. The Balaban J connectivity index is 2.90. The fourth-order valence-corrected chi connectivity index (χ4v) is 0.990. The highest BCUT2D eigenvalue weighted by atomic mass is 16.6. The van der Waals surface area contributed by atoms with Crippen LogP contribution in [0.1, 0.15) is 5.56 Å². The van der Waals surface area contributed by atoms with Gasteiger partial charge in [0, 0.05) is 0 Å². The van der Waals surface area contributed by atoms with Crippen LogP contribution in [-0.2, 0) is 14.3 Å². The van der Waals surface area contributed by atoms with E-state index in [0.29, 0.717) is 5.56 Å². The molecule has 0 unspecified atom stereocenters. The van der Waals surface area contributed by atoms with Crippen LogP contribution in [0.25, 0.3) is 6.08 Å². The van der Waals surface area contributed by atoms with Gasteiger partial charge in [-0.1, -0.05) is 30.3 Å². The summed E-state index contributed by atoms with van der Waals surface area (Å²) in [5, 5.41) is 17.2. The number of hydrogen-bond acceptors (Lipinski definition) is 4. The lowest BCUT2D eigenvalue weighted by atomic mass is 10.2. The number of ether oxygens (including phenoxy) is 1. The molecule has 0 aliphatic carbocycles. The van der Waals surface area contributed by atoms with E-state index in [4.69, 9.17) is 10.2 Å². The lowest BCUT2D eigenvalue weighted by molar-refractivity contribution is -0.149. The third-order valence-electron chi connectivity index (χ3n) is 1.66. The lowest BCUT2D eigenvalue weighted by Crippen LogP contribution is -2.13. The number of carbonyl (C=O) groups excluding carboxylic acids is 1. The van der Waals surface area contributed by atoms with Crippen molar-refractivity contribution in [3.8, 4) is 0 Å². The third-order valence-corrected chi connectivity index (χ3v) is 1.66. The molecule has 0 heterocycles. The Morgan fingerprint density at radius 3 is 2.38 bits per heavy atom. The molecule has 0 bridgehead atoms.